The Labute approximate surface area is 98.8 Å². The number of hydrogen-bond acceptors (Lipinski definition) is 2. The molecule has 15 heavy (non-hydrogen) atoms. The van der Waals surface area contributed by atoms with E-state index in [-0.39, 0.29) is 0 Å². The number of para-hydroxylation sites is 1. The van der Waals surface area contributed by atoms with Crippen molar-refractivity contribution in [3.63, 3.8) is 0 Å². The molecule has 1 atom stereocenters. The van der Waals surface area contributed by atoms with Crippen LogP contribution in [0.15, 0.2) is 22.7 Å². The Hall–Kier alpha value is -0.830. The van der Waals surface area contributed by atoms with Gasteiger partial charge in [-0.1, -0.05) is 26.3 Å². The highest BCUT2D eigenvalue weighted by molar-refractivity contribution is 9.10. The summed E-state index contributed by atoms with van der Waals surface area (Å²) in [5, 5.41) is 0. The second kappa shape index (κ2) is 5.91. The van der Waals surface area contributed by atoms with Crippen LogP contribution in [0.2, 0.25) is 0 Å². The van der Waals surface area contributed by atoms with Gasteiger partial charge in [0.05, 0.1) is 16.6 Å². The topological polar surface area (TPSA) is 26.3 Å². The van der Waals surface area contributed by atoms with Crippen molar-refractivity contribution in [2.24, 2.45) is 5.92 Å². The molecule has 0 aliphatic rings. The molecule has 0 aromatic heterocycles. The van der Waals surface area contributed by atoms with Gasteiger partial charge >= 0.3 is 0 Å². The first-order chi connectivity index (χ1) is 7.19. The van der Waals surface area contributed by atoms with Gasteiger partial charge in [-0.15, -0.1) is 0 Å². The fraction of sp³-hybridized carbons (Fsp3) is 0.417. The summed E-state index contributed by atoms with van der Waals surface area (Å²) in [7, 11) is 0. The van der Waals surface area contributed by atoms with Crippen molar-refractivity contribution in [3.8, 4) is 5.75 Å². The predicted molar refractivity (Wildman–Crippen MR) is 64.5 cm³/mol. The van der Waals surface area contributed by atoms with Gasteiger partial charge in [-0.3, -0.25) is 4.79 Å². The standard InChI is InChI=1S/C12H15BrO2/c1-3-9(2)8-15-12-10(7-14)5-4-6-11(12)13/h4-7,9H,3,8H2,1-2H3. The number of halogens is 1. The first-order valence-corrected chi connectivity index (χ1v) is 5.84. The minimum absolute atomic E-state index is 0.497. The van der Waals surface area contributed by atoms with Crippen LogP contribution in [-0.4, -0.2) is 12.9 Å². The second-order valence-electron chi connectivity index (χ2n) is 3.60. The summed E-state index contributed by atoms with van der Waals surface area (Å²) in [6.07, 6.45) is 1.89. The molecule has 82 valence electrons. The number of benzene rings is 1. The molecule has 0 bridgehead atoms. The van der Waals surface area contributed by atoms with E-state index in [1.54, 1.807) is 6.07 Å². The second-order valence-corrected chi connectivity index (χ2v) is 4.45. The van der Waals surface area contributed by atoms with Gasteiger partial charge in [0.2, 0.25) is 0 Å². The first-order valence-electron chi connectivity index (χ1n) is 5.05. The molecule has 3 heteroatoms. The summed E-state index contributed by atoms with van der Waals surface area (Å²) >= 11 is 3.38. The Morgan fingerprint density at radius 3 is 2.87 bits per heavy atom. The van der Waals surface area contributed by atoms with Crippen LogP contribution in [0.25, 0.3) is 0 Å². The molecular weight excluding hydrogens is 256 g/mol. The molecule has 0 fully saturated rings. The van der Waals surface area contributed by atoms with Gasteiger partial charge in [-0.2, -0.15) is 0 Å². The largest absolute Gasteiger partial charge is 0.491 e. The molecule has 1 rings (SSSR count). The number of hydrogen-bond donors (Lipinski definition) is 0. The normalized spacial score (nSPS) is 12.2. The van der Waals surface area contributed by atoms with E-state index in [0.29, 0.717) is 23.8 Å². The molecule has 0 aliphatic carbocycles. The van der Waals surface area contributed by atoms with Crippen molar-refractivity contribution < 1.29 is 9.53 Å². The fourth-order valence-corrected chi connectivity index (χ4v) is 1.61. The average Bonchev–Trinajstić information content (AvgIpc) is 2.26. The number of rotatable bonds is 5. The average molecular weight is 271 g/mol. The summed E-state index contributed by atoms with van der Waals surface area (Å²) in [4.78, 5) is 10.8. The van der Waals surface area contributed by atoms with Gasteiger partial charge in [0, 0.05) is 0 Å². The maximum absolute atomic E-state index is 10.8. The molecule has 0 N–H and O–H groups in total. The molecule has 2 nitrogen and oxygen atoms in total. The Morgan fingerprint density at radius 2 is 2.27 bits per heavy atom. The lowest BCUT2D eigenvalue weighted by atomic mass is 10.1. The monoisotopic (exact) mass is 270 g/mol. The van der Waals surface area contributed by atoms with E-state index in [0.717, 1.165) is 17.2 Å². The molecule has 0 saturated heterocycles. The van der Waals surface area contributed by atoms with E-state index in [9.17, 15) is 4.79 Å². The summed E-state index contributed by atoms with van der Waals surface area (Å²) in [6.45, 7) is 4.88. The Morgan fingerprint density at radius 1 is 1.53 bits per heavy atom. The lowest BCUT2D eigenvalue weighted by Crippen LogP contribution is -2.08. The van der Waals surface area contributed by atoms with Gasteiger partial charge < -0.3 is 4.74 Å². The summed E-state index contributed by atoms with van der Waals surface area (Å²) in [5.41, 5.74) is 0.590. The molecule has 1 aromatic carbocycles. The van der Waals surface area contributed by atoms with E-state index < -0.39 is 0 Å². The molecule has 0 spiro atoms. The van der Waals surface area contributed by atoms with Crippen LogP contribution in [0.1, 0.15) is 30.6 Å². The fourth-order valence-electron chi connectivity index (χ4n) is 1.11. The number of aldehydes is 1. The third-order valence-electron chi connectivity index (χ3n) is 2.33. The molecule has 0 amide bonds. The summed E-state index contributed by atoms with van der Waals surface area (Å²) in [6, 6.07) is 5.45. The minimum Gasteiger partial charge on any atom is -0.491 e. The highest BCUT2D eigenvalue weighted by Gasteiger charge is 2.08. The Kier molecular flexibility index (Phi) is 4.82. The Bertz CT molecular complexity index is 336. The molecule has 1 aromatic rings. The van der Waals surface area contributed by atoms with Crippen LogP contribution in [0, 0.1) is 5.92 Å². The molecule has 0 saturated carbocycles. The smallest absolute Gasteiger partial charge is 0.153 e. The number of carbonyl (C=O) groups is 1. The molecule has 1 unspecified atom stereocenters. The number of ether oxygens (including phenoxy) is 1. The van der Waals surface area contributed by atoms with E-state index in [2.05, 4.69) is 29.8 Å². The third kappa shape index (κ3) is 3.34. The minimum atomic E-state index is 0.497. The van der Waals surface area contributed by atoms with Crippen LogP contribution >= 0.6 is 15.9 Å². The van der Waals surface area contributed by atoms with Gasteiger partial charge in [-0.05, 0) is 34.0 Å². The maximum Gasteiger partial charge on any atom is 0.153 e. The van der Waals surface area contributed by atoms with E-state index in [1.165, 1.54) is 0 Å². The van der Waals surface area contributed by atoms with Gasteiger partial charge in [-0.25, -0.2) is 0 Å². The van der Waals surface area contributed by atoms with Crippen LogP contribution < -0.4 is 4.74 Å². The van der Waals surface area contributed by atoms with Crippen molar-refractivity contribution in [1.29, 1.82) is 0 Å². The summed E-state index contributed by atoms with van der Waals surface area (Å²) in [5.74, 6) is 1.14. The van der Waals surface area contributed by atoms with Crippen molar-refractivity contribution in [2.75, 3.05) is 6.61 Å². The van der Waals surface area contributed by atoms with Crippen LogP contribution in [0.3, 0.4) is 0 Å². The van der Waals surface area contributed by atoms with E-state index in [1.807, 2.05) is 12.1 Å². The zero-order valence-corrected chi connectivity index (χ0v) is 10.6. The SMILES string of the molecule is CCC(C)COc1c(Br)cccc1C=O. The van der Waals surface area contributed by atoms with Crippen molar-refractivity contribution in [2.45, 2.75) is 20.3 Å². The van der Waals surface area contributed by atoms with Crippen molar-refractivity contribution in [1.82, 2.24) is 0 Å². The third-order valence-corrected chi connectivity index (χ3v) is 2.96. The number of carbonyl (C=O) groups excluding carboxylic acids is 1. The lowest BCUT2D eigenvalue weighted by molar-refractivity contribution is 0.111. The molecule has 0 heterocycles. The quantitative estimate of drug-likeness (QED) is 0.763. The lowest BCUT2D eigenvalue weighted by Gasteiger charge is -2.13. The first kappa shape index (κ1) is 12.2. The predicted octanol–water partition coefficient (Wildman–Crippen LogP) is 3.69. The molecule has 0 radical (unpaired) electrons. The Balaban J connectivity index is 2.78. The van der Waals surface area contributed by atoms with Crippen molar-refractivity contribution >= 4 is 22.2 Å². The van der Waals surface area contributed by atoms with Gasteiger partial charge in [0.15, 0.2) is 6.29 Å². The highest BCUT2D eigenvalue weighted by atomic mass is 79.9. The zero-order valence-electron chi connectivity index (χ0n) is 9.00. The van der Waals surface area contributed by atoms with Crippen LogP contribution in [-0.2, 0) is 0 Å². The van der Waals surface area contributed by atoms with E-state index >= 15 is 0 Å². The van der Waals surface area contributed by atoms with Crippen molar-refractivity contribution in [3.05, 3.63) is 28.2 Å². The zero-order chi connectivity index (χ0) is 11.3. The van der Waals surface area contributed by atoms with Crippen LogP contribution in [0.5, 0.6) is 5.75 Å². The molecular formula is C12H15BrO2. The van der Waals surface area contributed by atoms with Crippen LogP contribution in [0.4, 0.5) is 0 Å². The maximum atomic E-state index is 10.8. The van der Waals surface area contributed by atoms with Gasteiger partial charge in [0.1, 0.15) is 5.75 Å². The van der Waals surface area contributed by atoms with E-state index in [4.69, 9.17) is 4.74 Å². The highest BCUT2D eigenvalue weighted by Crippen LogP contribution is 2.28. The summed E-state index contributed by atoms with van der Waals surface area (Å²) < 4.78 is 6.46. The van der Waals surface area contributed by atoms with Gasteiger partial charge in [0.25, 0.3) is 0 Å². The molecule has 0 aliphatic heterocycles.